The summed E-state index contributed by atoms with van der Waals surface area (Å²) in [7, 11) is 0. The molecule has 0 N–H and O–H groups in total. The topological polar surface area (TPSA) is 8.81 Å². The highest BCUT2D eigenvalue weighted by Gasteiger charge is 2.15. The highest BCUT2D eigenvalue weighted by molar-refractivity contribution is 4.84. The first-order valence-electron chi connectivity index (χ1n) is 19.4. The fourth-order valence-electron chi connectivity index (χ4n) is 6.56. The molecule has 0 saturated heterocycles. The van der Waals surface area contributed by atoms with E-state index in [1.807, 2.05) is 0 Å². The molecule has 1 aromatic heterocycles. The summed E-state index contributed by atoms with van der Waals surface area (Å²) in [5.74, 6) is 1.59. The second-order valence-corrected chi connectivity index (χ2v) is 13.4. The van der Waals surface area contributed by atoms with Gasteiger partial charge in [-0.2, -0.15) is 0 Å². The van der Waals surface area contributed by atoms with Crippen molar-refractivity contribution in [1.29, 1.82) is 0 Å². The van der Waals surface area contributed by atoms with Crippen molar-refractivity contribution in [3.8, 4) is 0 Å². The van der Waals surface area contributed by atoms with Crippen LogP contribution >= 0.6 is 0 Å². The van der Waals surface area contributed by atoms with Gasteiger partial charge in [-0.1, -0.05) is 188 Å². The van der Waals surface area contributed by atoms with Crippen molar-refractivity contribution in [2.45, 2.75) is 233 Å². The number of aromatic nitrogens is 2. The van der Waals surface area contributed by atoms with E-state index in [0.29, 0.717) is 0 Å². The third kappa shape index (κ3) is 23.4. The van der Waals surface area contributed by atoms with Gasteiger partial charge in [-0.3, -0.25) is 0 Å². The molecule has 0 unspecified atom stereocenters. The maximum atomic E-state index is 2.60. The Labute approximate surface area is 259 Å². The number of unbranched alkanes of at least 4 members (excludes halogenated alkanes) is 27. The van der Waals surface area contributed by atoms with Gasteiger partial charge in [0, 0.05) is 6.42 Å². The SMILES string of the molecule is CCCCCCCCCCCCCCCCCCc1n(CCCCCCCCCCCCCCC)cc[n+]1CCC. The zero-order chi connectivity index (χ0) is 29.5. The summed E-state index contributed by atoms with van der Waals surface area (Å²) in [5.41, 5.74) is 0. The van der Waals surface area contributed by atoms with Crippen LogP contribution < -0.4 is 4.57 Å². The number of nitrogens with zero attached hydrogens (tertiary/aromatic N) is 2. The smallest absolute Gasteiger partial charge is 0.234 e. The van der Waals surface area contributed by atoms with E-state index in [1.54, 1.807) is 5.82 Å². The molecule has 0 aliphatic heterocycles. The summed E-state index contributed by atoms with van der Waals surface area (Å²) < 4.78 is 5.15. The second-order valence-electron chi connectivity index (χ2n) is 13.4. The predicted molar refractivity (Wildman–Crippen MR) is 184 cm³/mol. The Morgan fingerprint density at radius 2 is 0.756 bits per heavy atom. The Kier molecular flexibility index (Phi) is 28.6. The van der Waals surface area contributed by atoms with Crippen LogP contribution in [0.5, 0.6) is 0 Å². The molecule has 0 radical (unpaired) electrons. The van der Waals surface area contributed by atoms with Gasteiger partial charge in [0.05, 0.1) is 13.1 Å². The van der Waals surface area contributed by atoms with E-state index in [0.717, 1.165) is 0 Å². The number of hydrogen-bond donors (Lipinski definition) is 0. The predicted octanol–water partition coefficient (Wildman–Crippen LogP) is 13.1. The Morgan fingerprint density at radius 1 is 0.415 bits per heavy atom. The minimum atomic E-state index is 1.18. The van der Waals surface area contributed by atoms with Crippen LogP contribution in [0.1, 0.15) is 219 Å². The summed E-state index contributed by atoms with van der Waals surface area (Å²) >= 11 is 0. The zero-order valence-corrected chi connectivity index (χ0v) is 28.9. The molecule has 0 spiro atoms. The molecule has 0 fully saturated rings. The third-order valence-corrected chi connectivity index (χ3v) is 9.31. The summed E-state index contributed by atoms with van der Waals surface area (Å²) in [4.78, 5) is 0. The first kappa shape index (κ1) is 38.2. The maximum Gasteiger partial charge on any atom is 0.256 e. The highest BCUT2D eigenvalue weighted by Crippen LogP contribution is 2.16. The van der Waals surface area contributed by atoms with Crippen molar-refractivity contribution >= 4 is 0 Å². The van der Waals surface area contributed by atoms with Crippen LogP contribution in [0, 0.1) is 0 Å². The highest BCUT2D eigenvalue weighted by atomic mass is 15.1. The molecular formula is C39H77N2+. The molecule has 242 valence electrons. The normalized spacial score (nSPS) is 11.6. The van der Waals surface area contributed by atoms with Gasteiger partial charge in [0.2, 0.25) is 0 Å². The van der Waals surface area contributed by atoms with E-state index in [4.69, 9.17) is 0 Å². The molecule has 41 heavy (non-hydrogen) atoms. The zero-order valence-electron chi connectivity index (χ0n) is 28.9. The van der Waals surface area contributed by atoms with Crippen molar-refractivity contribution in [1.82, 2.24) is 4.57 Å². The first-order valence-corrected chi connectivity index (χ1v) is 19.4. The molecule has 1 heterocycles. The molecule has 1 rings (SSSR count). The van der Waals surface area contributed by atoms with Gasteiger partial charge in [-0.05, 0) is 25.7 Å². The molecule has 0 atom stereocenters. The summed E-state index contributed by atoms with van der Waals surface area (Å²) in [5, 5.41) is 0. The molecule has 0 aliphatic rings. The summed E-state index contributed by atoms with van der Waals surface area (Å²) in [6.07, 6.45) is 49.1. The summed E-state index contributed by atoms with van der Waals surface area (Å²) in [6, 6.07) is 0. The van der Waals surface area contributed by atoms with Gasteiger partial charge in [0.15, 0.2) is 0 Å². The van der Waals surface area contributed by atoms with Crippen LogP contribution in [0.15, 0.2) is 12.4 Å². The average molecular weight is 574 g/mol. The Balaban J connectivity index is 2.02. The third-order valence-electron chi connectivity index (χ3n) is 9.31. The van der Waals surface area contributed by atoms with Crippen molar-refractivity contribution < 1.29 is 4.57 Å². The van der Waals surface area contributed by atoms with Crippen LogP contribution in [0.25, 0.3) is 0 Å². The fraction of sp³-hybridized carbons (Fsp3) is 0.923. The fourth-order valence-corrected chi connectivity index (χ4v) is 6.56. The Morgan fingerprint density at radius 3 is 1.12 bits per heavy atom. The summed E-state index contributed by atoms with van der Waals surface area (Å²) in [6.45, 7) is 9.34. The van der Waals surface area contributed by atoms with E-state index in [9.17, 15) is 0 Å². The van der Waals surface area contributed by atoms with Crippen LogP contribution in [0.4, 0.5) is 0 Å². The lowest BCUT2D eigenvalue weighted by molar-refractivity contribution is -0.703. The van der Waals surface area contributed by atoms with Crippen molar-refractivity contribution in [3.63, 3.8) is 0 Å². The molecule has 0 aliphatic carbocycles. The van der Waals surface area contributed by atoms with Gasteiger partial charge < -0.3 is 0 Å². The number of aryl methyl sites for hydroxylation is 2. The van der Waals surface area contributed by atoms with Crippen LogP contribution in [-0.2, 0) is 19.5 Å². The van der Waals surface area contributed by atoms with Gasteiger partial charge in [0.25, 0.3) is 5.82 Å². The van der Waals surface area contributed by atoms with E-state index in [1.165, 1.54) is 212 Å². The van der Waals surface area contributed by atoms with Crippen LogP contribution in [0.2, 0.25) is 0 Å². The number of imidazole rings is 1. The van der Waals surface area contributed by atoms with Crippen LogP contribution in [0.3, 0.4) is 0 Å². The van der Waals surface area contributed by atoms with Gasteiger partial charge in [-0.25, -0.2) is 9.13 Å². The largest absolute Gasteiger partial charge is 0.256 e. The quantitative estimate of drug-likeness (QED) is 0.0584. The van der Waals surface area contributed by atoms with Gasteiger partial charge in [0.1, 0.15) is 12.4 Å². The Bertz CT molecular complexity index is 634. The monoisotopic (exact) mass is 574 g/mol. The maximum absolute atomic E-state index is 2.60. The average Bonchev–Trinajstić information content (AvgIpc) is 3.36. The van der Waals surface area contributed by atoms with E-state index >= 15 is 0 Å². The molecular weight excluding hydrogens is 496 g/mol. The molecule has 0 amide bonds. The van der Waals surface area contributed by atoms with E-state index in [-0.39, 0.29) is 0 Å². The van der Waals surface area contributed by atoms with E-state index in [2.05, 4.69) is 42.3 Å². The standard InChI is InChI=1S/C39H77N2/c1-4-7-9-11-13-15-17-19-20-21-22-24-26-28-30-32-34-39-40(35-6-3)37-38-41(39)36-33-31-29-27-25-23-18-16-14-12-10-8-5-2/h37-38H,4-36H2,1-3H3/q+1. The molecule has 0 saturated carbocycles. The van der Waals surface area contributed by atoms with Crippen LogP contribution in [-0.4, -0.2) is 4.57 Å². The van der Waals surface area contributed by atoms with Crippen molar-refractivity contribution in [3.05, 3.63) is 18.2 Å². The minimum Gasteiger partial charge on any atom is -0.234 e. The molecule has 0 bridgehead atoms. The molecule has 0 aromatic carbocycles. The molecule has 2 nitrogen and oxygen atoms in total. The van der Waals surface area contributed by atoms with Gasteiger partial charge in [-0.15, -0.1) is 0 Å². The second kappa shape index (κ2) is 30.7. The van der Waals surface area contributed by atoms with Crippen molar-refractivity contribution in [2.75, 3.05) is 0 Å². The molecule has 2 heteroatoms. The Hall–Kier alpha value is -0.790. The minimum absolute atomic E-state index is 1.18. The molecule has 1 aromatic rings. The lowest BCUT2D eigenvalue weighted by Crippen LogP contribution is -2.37. The van der Waals surface area contributed by atoms with E-state index < -0.39 is 0 Å². The lowest BCUT2D eigenvalue weighted by atomic mass is 10.0. The number of rotatable bonds is 33. The van der Waals surface area contributed by atoms with Gasteiger partial charge >= 0.3 is 0 Å². The number of hydrogen-bond acceptors (Lipinski definition) is 0. The first-order chi connectivity index (χ1) is 20.3. The lowest BCUT2D eigenvalue weighted by Gasteiger charge is -2.06. The van der Waals surface area contributed by atoms with Crippen molar-refractivity contribution in [2.24, 2.45) is 0 Å².